The van der Waals surface area contributed by atoms with Gasteiger partial charge in [0.2, 0.25) is 12.4 Å². The number of hydrogen-bond acceptors (Lipinski definition) is 3. The Balaban J connectivity index is 0.000000239. The van der Waals surface area contributed by atoms with Gasteiger partial charge in [0, 0.05) is 43.7 Å². The van der Waals surface area contributed by atoms with E-state index in [-0.39, 0.29) is 19.4 Å². The predicted molar refractivity (Wildman–Crippen MR) is 228 cm³/mol. The molecule has 64 heavy (non-hydrogen) atoms. The summed E-state index contributed by atoms with van der Waals surface area (Å²) < 4.78 is 110. The number of pyridine rings is 1. The third-order valence-electron chi connectivity index (χ3n) is 10.8. The summed E-state index contributed by atoms with van der Waals surface area (Å²) in [5, 5.41) is 12.6. The molecule has 2 unspecified atom stereocenters. The Hall–Kier alpha value is -5.61. The van der Waals surface area contributed by atoms with E-state index in [4.69, 9.17) is 23.2 Å². The number of amides is 4. The molecule has 2 atom stereocenters. The van der Waals surface area contributed by atoms with Crippen molar-refractivity contribution in [2.45, 2.75) is 83.4 Å². The molecule has 0 saturated heterocycles. The van der Waals surface area contributed by atoms with Crippen molar-refractivity contribution in [2.75, 3.05) is 23.3 Å². The van der Waals surface area contributed by atoms with Gasteiger partial charge in [-0.2, -0.15) is 26.3 Å². The molecule has 4 aromatic carbocycles. The average molecular weight is 940 g/mol. The van der Waals surface area contributed by atoms with Gasteiger partial charge in [-0.1, -0.05) is 88.0 Å². The van der Waals surface area contributed by atoms with Crippen LogP contribution in [0.3, 0.4) is 0 Å². The van der Waals surface area contributed by atoms with Crippen LogP contribution in [0.15, 0.2) is 109 Å². The first-order valence-corrected chi connectivity index (χ1v) is 21.1. The average Bonchev–Trinajstić information content (AvgIpc) is 3.24. The molecule has 7 rings (SSSR count). The Morgan fingerprint density at radius 2 is 1.11 bits per heavy atom. The fourth-order valence-electron chi connectivity index (χ4n) is 8.38. The summed E-state index contributed by atoms with van der Waals surface area (Å²) in [6, 6.07) is 21.2. The molecule has 18 heteroatoms. The molecule has 4 amide bonds. The second-order valence-corrected chi connectivity index (χ2v) is 15.7. The summed E-state index contributed by atoms with van der Waals surface area (Å²) in [6.07, 6.45) is -5.25. The molecule has 8 nitrogen and oxygen atoms in total. The van der Waals surface area contributed by atoms with Crippen LogP contribution in [0.2, 0.25) is 10.0 Å². The van der Waals surface area contributed by atoms with E-state index in [0.717, 1.165) is 14.5 Å². The minimum absolute atomic E-state index is 0.0334. The molecule has 0 radical (unpaired) electrons. The number of nitrogens with zero attached hydrogens (tertiary/aromatic N) is 4. The van der Waals surface area contributed by atoms with Crippen LogP contribution >= 0.6 is 23.2 Å². The minimum atomic E-state index is -4.69. The molecule has 1 aromatic heterocycles. The summed E-state index contributed by atoms with van der Waals surface area (Å²) in [5.74, 6) is -1.05. The largest absolute Gasteiger partial charge is 0.406 e. The van der Waals surface area contributed by atoms with Crippen molar-refractivity contribution < 1.29 is 54.7 Å². The highest BCUT2D eigenvalue weighted by molar-refractivity contribution is 6.31. The lowest BCUT2D eigenvalue weighted by atomic mass is 9.75. The number of fused-ring (bicyclic) bond motifs is 2. The monoisotopic (exact) mass is 938 g/mol. The molecular weight excluding hydrogens is 893 g/mol. The smallest absolute Gasteiger partial charge is 0.307 e. The Morgan fingerprint density at radius 1 is 0.656 bits per heavy atom. The Bertz CT molecular complexity index is 2400. The molecule has 0 bridgehead atoms. The first-order valence-electron chi connectivity index (χ1n) is 20.3. The lowest BCUT2D eigenvalue weighted by Crippen LogP contribution is -2.61. The number of nitrogens with one attached hydrogen (secondary N) is 1. The van der Waals surface area contributed by atoms with Crippen molar-refractivity contribution in [2.24, 2.45) is 0 Å². The van der Waals surface area contributed by atoms with Gasteiger partial charge in [0.25, 0.3) is 0 Å². The zero-order chi connectivity index (χ0) is 47.2. The summed E-state index contributed by atoms with van der Waals surface area (Å²) in [6.45, 7) is 4.65. The third-order valence-corrected chi connectivity index (χ3v) is 11.2. The maximum absolute atomic E-state index is 13.9. The standard InChI is InChI=1S/C25H23ClF4N3O2.C19H17ClF4N2O.C2H6/c1-2-11-24(18-3-6-20(27)7-4-18)21-14-19(26)5-8-22(21)32(15-17-9-12-31(35)13-10-17)23(34)33(24)16-25(28,29)30;1-2-9-18(12-3-6-14(21)7-4-12)15-10-13(20)5-8-16(15)25-17(27)26(18)11-19(22,23)24;1-2/h3-10,12-14,35H,2,11,15-16H2,1H3;3-8,10H,2,9,11H2,1H3,(H,25,27);1-2H3/q+1;;. The van der Waals surface area contributed by atoms with Crippen LogP contribution in [0.1, 0.15) is 81.2 Å². The zero-order valence-corrected chi connectivity index (χ0v) is 36.7. The predicted octanol–water partition coefficient (Wildman–Crippen LogP) is 13.0. The quantitative estimate of drug-likeness (QED) is 0.0832. The highest BCUT2D eigenvalue weighted by Gasteiger charge is 2.54. The van der Waals surface area contributed by atoms with E-state index in [1.54, 1.807) is 48.5 Å². The molecule has 2 N–H and O–H groups in total. The van der Waals surface area contributed by atoms with Gasteiger partial charge in [0.05, 0.1) is 23.3 Å². The van der Waals surface area contributed by atoms with Crippen molar-refractivity contribution >= 4 is 46.6 Å². The van der Waals surface area contributed by atoms with Crippen LogP contribution < -0.4 is 14.9 Å². The molecule has 0 saturated carbocycles. The number of benzene rings is 4. The fourth-order valence-corrected chi connectivity index (χ4v) is 8.73. The van der Waals surface area contributed by atoms with Crippen LogP contribution in [0.5, 0.6) is 0 Å². The van der Waals surface area contributed by atoms with Crippen molar-refractivity contribution in [1.82, 2.24) is 9.80 Å². The van der Waals surface area contributed by atoms with Crippen molar-refractivity contribution in [3.05, 3.63) is 159 Å². The highest BCUT2D eigenvalue weighted by Crippen LogP contribution is 2.51. The van der Waals surface area contributed by atoms with E-state index in [1.807, 2.05) is 27.7 Å². The molecule has 2 aliphatic heterocycles. The number of urea groups is 2. The molecule has 2 aliphatic rings. The number of rotatable bonds is 10. The number of anilines is 2. The van der Waals surface area contributed by atoms with Gasteiger partial charge < -0.3 is 15.1 Å². The number of hydrogen-bond donors (Lipinski definition) is 2. The van der Waals surface area contributed by atoms with Gasteiger partial charge in [0.15, 0.2) is 0 Å². The van der Waals surface area contributed by atoms with Crippen LogP contribution in [0, 0.1) is 11.6 Å². The number of halogens is 10. The van der Waals surface area contributed by atoms with Gasteiger partial charge >= 0.3 is 24.4 Å². The van der Waals surface area contributed by atoms with Crippen LogP contribution in [0.4, 0.5) is 56.1 Å². The number of carbonyl (C=O) groups is 2. The van der Waals surface area contributed by atoms with Gasteiger partial charge in [-0.05, 0) is 90.2 Å². The van der Waals surface area contributed by atoms with E-state index < -0.39 is 60.2 Å². The Labute approximate surface area is 375 Å². The topological polar surface area (TPSA) is 80.0 Å². The van der Waals surface area contributed by atoms with E-state index in [0.29, 0.717) is 62.1 Å². The Morgan fingerprint density at radius 3 is 1.59 bits per heavy atom. The first-order chi connectivity index (χ1) is 30.2. The molecule has 0 fully saturated rings. The summed E-state index contributed by atoms with van der Waals surface area (Å²) in [4.78, 5) is 29.4. The fraction of sp³-hybridized carbons (Fsp3) is 0.326. The minimum Gasteiger partial charge on any atom is -0.307 e. The van der Waals surface area contributed by atoms with Gasteiger partial charge in [0.1, 0.15) is 24.7 Å². The van der Waals surface area contributed by atoms with Crippen LogP contribution in [0.25, 0.3) is 0 Å². The third kappa shape index (κ3) is 10.5. The molecular formula is C46H46Cl2F8N5O3+. The van der Waals surface area contributed by atoms with Crippen molar-refractivity contribution in [1.29, 1.82) is 0 Å². The molecule has 3 heterocycles. The van der Waals surface area contributed by atoms with E-state index in [9.17, 15) is 49.9 Å². The number of alkyl halides is 6. The van der Waals surface area contributed by atoms with Crippen LogP contribution in [-0.4, -0.2) is 52.5 Å². The van der Waals surface area contributed by atoms with Gasteiger partial charge in [-0.3, -0.25) is 10.1 Å². The maximum atomic E-state index is 13.9. The number of aromatic nitrogens is 1. The highest BCUT2D eigenvalue weighted by atomic mass is 35.5. The molecule has 5 aromatic rings. The van der Waals surface area contributed by atoms with E-state index in [2.05, 4.69) is 5.32 Å². The van der Waals surface area contributed by atoms with Crippen LogP contribution in [-0.2, 0) is 17.6 Å². The van der Waals surface area contributed by atoms with E-state index >= 15 is 0 Å². The lowest BCUT2D eigenvalue weighted by Gasteiger charge is -2.52. The number of carbonyl (C=O) groups excluding carboxylic acids is 2. The molecule has 0 aliphatic carbocycles. The second kappa shape index (κ2) is 20.1. The van der Waals surface area contributed by atoms with Crippen molar-refractivity contribution in [3.63, 3.8) is 0 Å². The summed E-state index contributed by atoms with van der Waals surface area (Å²) in [7, 11) is 0. The summed E-state index contributed by atoms with van der Waals surface area (Å²) >= 11 is 12.4. The molecule has 342 valence electrons. The SMILES string of the molecule is CC.CCCC1(c2ccc(F)cc2)c2cc(Cl)ccc2N(Cc2cc[n+](O)cc2)C(=O)N1CC(F)(F)F.CCCC1(c2ccc(F)cc2)c2cc(Cl)ccc2NC(=O)N1CC(F)(F)F. The van der Waals surface area contributed by atoms with Gasteiger partial charge in [-0.15, -0.1) is 0 Å². The second-order valence-electron chi connectivity index (χ2n) is 14.9. The first kappa shape index (κ1) is 49.4. The molecule has 0 spiro atoms. The van der Waals surface area contributed by atoms with E-state index in [1.165, 1.54) is 65.8 Å². The zero-order valence-electron chi connectivity index (χ0n) is 35.2. The van der Waals surface area contributed by atoms with Gasteiger partial charge in [-0.25, -0.2) is 18.4 Å². The van der Waals surface area contributed by atoms with Crippen molar-refractivity contribution in [3.8, 4) is 0 Å². The summed E-state index contributed by atoms with van der Waals surface area (Å²) in [5.41, 5.74) is 0.105. The maximum Gasteiger partial charge on any atom is 0.406 e. The lowest BCUT2D eigenvalue weighted by molar-refractivity contribution is -0.904. The normalized spacial score (nSPS) is 18.2. The Kier molecular flexibility index (Phi) is 15.5.